The van der Waals surface area contributed by atoms with E-state index in [-0.39, 0.29) is 24.4 Å². The van der Waals surface area contributed by atoms with Gasteiger partial charge in [-0.3, -0.25) is 4.79 Å². The molecule has 0 saturated heterocycles. The number of aliphatic hydroxyl groups is 1. The van der Waals surface area contributed by atoms with E-state index in [0.29, 0.717) is 21.4 Å². The van der Waals surface area contributed by atoms with Crippen molar-refractivity contribution in [1.29, 1.82) is 0 Å². The van der Waals surface area contributed by atoms with Gasteiger partial charge < -0.3 is 10.4 Å². The van der Waals surface area contributed by atoms with Crippen LogP contribution in [-0.2, 0) is 11.2 Å². The van der Waals surface area contributed by atoms with E-state index in [9.17, 15) is 18.7 Å². The maximum Gasteiger partial charge on any atom is 0.224 e. The molecule has 0 aliphatic rings. The third-order valence-corrected chi connectivity index (χ3v) is 5.28. The summed E-state index contributed by atoms with van der Waals surface area (Å²) in [7, 11) is 0. The van der Waals surface area contributed by atoms with Gasteiger partial charge in [-0.1, -0.05) is 29.3 Å². The highest BCUT2D eigenvalue weighted by molar-refractivity contribution is 6.35. The number of aryl methyl sites for hydroxylation is 1. The van der Waals surface area contributed by atoms with E-state index in [4.69, 9.17) is 23.2 Å². The number of benzene rings is 2. The first kappa shape index (κ1) is 22.2. The predicted molar refractivity (Wildman–Crippen MR) is 111 cm³/mol. The van der Waals surface area contributed by atoms with E-state index in [1.54, 1.807) is 29.8 Å². The lowest BCUT2D eigenvalue weighted by Gasteiger charge is -2.13. The lowest BCUT2D eigenvalue weighted by Crippen LogP contribution is -2.30. The average molecular weight is 454 g/mol. The van der Waals surface area contributed by atoms with Crippen LogP contribution in [0.4, 0.5) is 8.78 Å². The molecule has 2 aromatic carbocycles. The smallest absolute Gasteiger partial charge is 0.224 e. The molecule has 1 aromatic heterocycles. The van der Waals surface area contributed by atoms with E-state index in [1.807, 2.05) is 6.92 Å². The van der Waals surface area contributed by atoms with Crippen LogP contribution in [0.1, 0.15) is 28.6 Å². The summed E-state index contributed by atoms with van der Waals surface area (Å²) in [5, 5.41) is 18.1. The first-order valence-corrected chi connectivity index (χ1v) is 9.83. The van der Waals surface area contributed by atoms with Gasteiger partial charge in [0.05, 0.1) is 28.9 Å². The minimum absolute atomic E-state index is 0.0351. The maximum absolute atomic E-state index is 13.3. The number of amides is 1. The van der Waals surface area contributed by atoms with Gasteiger partial charge >= 0.3 is 0 Å². The molecule has 1 heterocycles. The number of carbonyl (C=O) groups is 1. The number of nitrogens with zero attached hydrogens (tertiary/aromatic N) is 2. The fraction of sp³-hybridized carbons (Fsp3) is 0.238. The largest absolute Gasteiger partial charge is 0.387 e. The number of nitrogens with one attached hydrogen (secondary N) is 1. The molecule has 0 fully saturated rings. The summed E-state index contributed by atoms with van der Waals surface area (Å²) in [6.07, 6.45) is -1.13. The second-order valence-corrected chi connectivity index (χ2v) is 7.67. The van der Waals surface area contributed by atoms with Crippen molar-refractivity contribution in [3.8, 4) is 5.69 Å². The Balaban J connectivity index is 1.69. The molecule has 0 radical (unpaired) electrons. The Morgan fingerprint density at radius 2 is 1.90 bits per heavy atom. The van der Waals surface area contributed by atoms with Crippen LogP contribution in [-0.4, -0.2) is 27.3 Å². The number of aromatic nitrogens is 2. The summed E-state index contributed by atoms with van der Waals surface area (Å²) in [6, 6.07) is 8.15. The summed E-state index contributed by atoms with van der Waals surface area (Å²) >= 11 is 12.2. The van der Waals surface area contributed by atoms with Crippen LogP contribution in [0, 0.1) is 25.5 Å². The molecule has 1 amide bonds. The highest BCUT2D eigenvalue weighted by Crippen LogP contribution is 2.27. The minimum Gasteiger partial charge on any atom is -0.387 e. The maximum atomic E-state index is 13.3. The molecule has 1 unspecified atom stereocenters. The van der Waals surface area contributed by atoms with E-state index >= 15 is 0 Å². The number of hydrogen-bond acceptors (Lipinski definition) is 3. The van der Waals surface area contributed by atoms with E-state index in [0.717, 1.165) is 23.4 Å². The molecule has 3 rings (SSSR count). The van der Waals surface area contributed by atoms with Crippen molar-refractivity contribution in [3.63, 3.8) is 0 Å². The van der Waals surface area contributed by atoms with Crippen LogP contribution < -0.4 is 5.32 Å². The topological polar surface area (TPSA) is 67.2 Å². The SMILES string of the molecule is Cc1nn(-c2ccc(Cl)cc2Cl)c(C)c1CC(=O)NCC(O)c1ccc(F)c(F)c1. The van der Waals surface area contributed by atoms with Gasteiger partial charge in [0, 0.05) is 22.8 Å². The summed E-state index contributed by atoms with van der Waals surface area (Å²) in [4.78, 5) is 12.4. The van der Waals surface area contributed by atoms with Crippen molar-refractivity contribution < 1.29 is 18.7 Å². The number of halogens is 4. The molecule has 0 spiro atoms. The van der Waals surface area contributed by atoms with Crippen molar-refractivity contribution in [1.82, 2.24) is 15.1 Å². The zero-order chi connectivity index (χ0) is 22.0. The van der Waals surface area contributed by atoms with Crippen LogP contribution in [0.25, 0.3) is 5.69 Å². The van der Waals surface area contributed by atoms with Gasteiger partial charge in [0.1, 0.15) is 0 Å². The number of rotatable bonds is 6. The van der Waals surface area contributed by atoms with E-state index in [1.165, 1.54) is 6.07 Å². The van der Waals surface area contributed by atoms with Crippen molar-refractivity contribution >= 4 is 29.1 Å². The van der Waals surface area contributed by atoms with Crippen LogP contribution in [0.5, 0.6) is 0 Å². The van der Waals surface area contributed by atoms with Crippen molar-refractivity contribution in [2.45, 2.75) is 26.4 Å². The number of hydrogen-bond donors (Lipinski definition) is 2. The minimum atomic E-state index is -1.16. The third kappa shape index (κ3) is 4.80. The standard InChI is InChI=1S/C21H19Cl2F2N3O2/c1-11-15(12(2)28(27-11)19-6-4-14(22)8-16(19)23)9-21(30)26-10-20(29)13-3-5-17(24)18(25)7-13/h3-8,20,29H,9-10H2,1-2H3,(H,26,30). The molecule has 0 saturated carbocycles. The first-order chi connectivity index (χ1) is 14.2. The Kier molecular flexibility index (Phi) is 6.75. The Bertz CT molecular complexity index is 1100. The molecule has 30 heavy (non-hydrogen) atoms. The van der Waals surface area contributed by atoms with Crippen molar-refractivity contribution in [2.24, 2.45) is 0 Å². The fourth-order valence-corrected chi connectivity index (χ4v) is 3.58. The Labute approximate surface area is 182 Å². The highest BCUT2D eigenvalue weighted by Gasteiger charge is 2.18. The van der Waals surface area contributed by atoms with Crippen LogP contribution in [0.2, 0.25) is 10.0 Å². The average Bonchev–Trinajstić information content (AvgIpc) is 2.96. The molecule has 158 valence electrons. The Morgan fingerprint density at radius 3 is 2.57 bits per heavy atom. The molecular formula is C21H19Cl2F2N3O2. The van der Waals surface area contributed by atoms with Gasteiger partial charge in [-0.25, -0.2) is 13.5 Å². The van der Waals surface area contributed by atoms with E-state index in [2.05, 4.69) is 10.4 Å². The summed E-state index contributed by atoms with van der Waals surface area (Å²) < 4.78 is 28.0. The van der Waals surface area contributed by atoms with Gasteiger partial charge in [0.2, 0.25) is 5.91 Å². The van der Waals surface area contributed by atoms with Gasteiger partial charge in [-0.2, -0.15) is 5.10 Å². The van der Waals surface area contributed by atoms with Gasteiger partial charge in [0.25, 0.3) is 0 Å². The first-order valence-electron chi connectivity index (χ1n) is 9.07. The normalized spacial score (nSPS) is 12.1. The molecule has 9 heteroatoms. The summed E-state index contributed by atoms with van der Waals surface area (Å²) in [5.74, 6) is -2.40. The monoisotopic (exact) mass is 453 g/mol. The second-order valence-electron chi connectivity index (χ2n) is 6.83. The van der Waals surface area contributed by atoms with Crippen molar-refractivity contribution in [2.75, 3.05) is 6.54 Å². The lowest BCUT2D eigenvalue weighted by atomic mass is 10.1. The zero-order valence-electron chi connectivity index (χ0n) is 16.2. The third-order valence-electron chi connectivity index (χ3n) is 4.74. The predicted octanol–water partition coefficient (Wildman–Crippen LogP) is 4.47. The highest BCUT2D eigenvalue weighted by atomic mass is 35.5. The molecule has 3 aromatic rings. The number of carbonyl (C=O) groups excluding carboxylic acids is 1. The molecule has 2 N–H and O–H groups in total. The second kappa shape index (κ2) is 9.12. The zero-order valence-corrected chi connectivity index (χ0v) is 17.7. The molecule has 1 atom stereocenters. The molecule has 0 bridgehead atoms. The lowest BCUT2D eigenvalue weighted by molar-refractivity contribution is -0.120. The molecule has 5 nitrogen and oxygen atoms in total. The van der Waals surface area contributed by atoms with Crippen molar-refractivity contribution in [3.05, 3.63) is 80.6 Å². The summed E-state index contributed by atoms with van der Waals surface area (Å²) in [5.41, 5.74) is 2.94. The van der Waals surface area contributed by atoms with E-state index < -0.39 is 17.7 Å². The van der Waals surface area contributed by atoms with Gasteiger partial charge in [-0.15, -0.1) is 0 Å². The quantitative estimate of drug-likeness (QED) is 0.578. The molecule has 0 aliphatic carbocycles. The molecular weight excluding hydrogens is 435 g/mol. The summed E-state index contributed by atoms with van der Waals surface area (Å²) in [6.45, 7) is 3.47. The Hall–Kier alpha value is -2.48. The fourth-order valence-electron chi connectivity index (χ4n) is 3.09. The van der Waals surface area contributed by atoms with Gasteiger partial charge in [-0.05, 0) is 49.7 Å². The molecule has 0 aliphatic heterocycles. The van der Waals surface area contributed by atoms with Crippen LogP contribution in [0.15, 0.2) is 36.4 Å². The van der Waals surface area contributed by atoms with Gasteiger partial charge in [0.15, 0.2) is 11.6 Å². The van der Waals surface area contributed by atoms with Crippen LogP contribution >= 0.6 is 23.2 Å². The van der Waals surface area contributed by atoms with Crippen LogP contribution in [0.3, 0.4) is 0 Å². The number of aliphatic hydroxyl groups excluding tert-OH is 1. The Morgan fingerprint density at radius 1 is 1.17 bits per heavy atom.